The summed E-state index contributed by atoms with van der Waals surface area (Å²) in [6, 6.07) is 1.69. The summed E-state index contributed by atoms with van der Waals surface area (Å²) in [5, 5.41) is 0. The molecule has 3 unspecified atom stereocenters. The van der Waals surface area contributed by atoms with E-state index in [1.165, 1.54) is 25.7 Å². The molecule has 0 spiro atoms. The highest BCUT2D eigenvalue weighted by Crippen LogP contribution is 2.29. The van der Waals surface area contributed by atoms with E-state index < -0.39 is 0 Å². The van der Waals surface area contributed by atoms with Crippen LogP contribution in [0.1, 0.15) is 46.5 Å². The molecule has 1 heterocycles. The standard InChI is InChI=1S/C11H23N/c1-5-10-8-7-9(3)11(6-2)12(10)4/h9-11H,5-8H2,1-4H3. The Hall–Kier alpha value is -0.0400. The van der Waals surface area contributed by atoms with Crippen molar-refractivity contribution in [3.8, 4) is 0 Å². The first-order valence-corrected chi connectivity index (χ1v) is 5.42. The van der Waals surface area contributed by atoms with Crippen LogP contribution in [0.3, 0.4) is 0 Å². The van der Waals surface area contributed by atoms with Gasteiger partial charge >= 0.3 is 0 Å². The second-order valence-electron chi connectivity index (χ2n) is 4.26. The van der Waals surface area contributed by atoms with Crippen LogP contribution < -0.4 is 0 Å². The first kappa shape index (κ1) is 10.0. The SMILES string of the molecule is CCC1CCC(C)C(CC)N1C. The van der Waals surface area contributed by atoms with Crippen LogP contribution in [0.25, 0.3) is 0 Å². The smallest absolute Gasteiger partial charge is 0.0118 e. The lowest BCUT2D eigenvalue weighted by Crippen LogP contribution is -2.47. The number of hydrogen-bond donors (Lipinski definition) is 0. The summed E-state index contributed by atoms with van der Waals surface area (Å²) in [5.74, 6) is 0.905. The Morgan fingerprint density at radius 1 is 1.17 bits per heavy atom. The van der Waals surface area contributed by atoms with Gasteiger partial charge in [-0.2, -0.15) is 0 Å². The third-order valence-electron chi connectivity index (χ3n) is 3.60. The third-order valence-corrected chi connectivity index (χ3v) is 3.60. The first-order valence-electron chi connectivity index (χ1n) is 5.42. The van der Waals surface area contributed by atoms with Crippen LogP contribution >= 0.6 is 0 Å². The van der Waals surface area contributed by atoms with Crippen molar-refractivity contribution in [3.63, 3.8) is 0 Å². The Labute approximate surface area is 77.1 Å². The van der Waals surface area contributed by atoms with Gasteiger partial charge in [0.15, 0.2) is 0 Å². The lowest BCUT2D eigenvalue weighted by atomic mass is 9.85. The van der Waals surface area contributed by atoms with E-state index in [1.54, 1.807) is 0 Å². The Morgan fingerprint density at radius 2 is 1.83 bits per heavy atom. The van der Waals surface area contributed by atoms with Crippen LogP contribution in [0, 0.1) is 5.92 Å². The van der Waals surface area contributed by atoms with E-state index in [2.05, 4.69) is 32.7 Å². The van der Waals surface area contributed by atoms with Crippen LogP contribution in [-0.4, -0.2) is 24.0 Å². The molecule has 0 bridgehead atoms. The predicted octanol–water partition coefficient (Wildman–Crippen LogP) is 2.91. The summed E-state index contributed by atoms with van der Waals surface area (Å²) in [7, 11) is 2.30. The van der Waals surface area contributed by atoms with Gasteiger partial charge in [0.05, 0.1) is 0 Å². The van der Waals surface area contributed by atoms with E-state index in [9.17, 15) is 0 Å². The normalized spacial score (nSPS) is 38.5. The molecule has 1 saturated heterocycles. The van der Waals surface area contributed by atoms with Crippen LogP contribution in [0.2, 0.25) is 0 Å². The molecule has 0 aromatic carbocycles. The molecule has 0 aliphatic carbocycles. The fourth-order valence-electron chi connectivity index (χ4n) is 2.71. The van der Waals surface area contributed by atoms with Crippen molar-refractivity contribution in [2.24, 2.45) is 5.92 Å². The maximum Gasteiger partial charge on any atom is 0.0118 e. The van der Waals surface area contributed by atoms with Gasteiger partial charge in [0.2, 0.25) is 0 Å². The number of nitrogens with zero attached hydrogens (tertiary/aromatic N) is 1. The van der Waals surface area contributed by atoms with E-state index in [-0.39, 0.29) is 0 Å². The summed E-state index contributed by atoms with van der Waals surface area (Å²) in [4.78, 5) is 2.61. The van der Waals surface area contributed by atoms with Crippen molar-refractivity contribution in [2.45, 2.75) is 58.5 Å². The van der Waals surface area contributed by atoms with Gasteiger partial charge in [-0.1, -0.05) is 20.8 Å². The molecule has 12 heavy (non-hydrogen) atoms. The summed E-state index contributed by atoms with van der Waals surface area (Å²) >= 11 is 0. The second-order valence-corrected chi connectivity index (χ2v) is 4.26. The average molecular weight is 169 g/mol. The average Bonchev–Trinajstić information content (AvgIpc) is 2.06. The van der Waals surface area contributed by atoms with Crippen LogP contribution in [0.5, 0.6) is 0 Å². The van der Waals surface area contributed by atoms with Gasteiger partial charge in [0.25, 0.3) is 0 Å². The molecule has 72 valence electrons. The predicted molar refractivity (Wildman–Crippen MR) is 54.3 cm³/mol. The highest BCUT2D eigenvalue weighted by Gasteiger charge is 2.29. The van der Waals surface area contributed by atoms with Gasteiger partial charge in [-0.05, 0) is 38.6 Å². The first-order chi connectivity index (χ1) is 5.70. The van der Waals surface area contributed by atoms with Crippen LogP contribution in [0.4, 0.5) is 0 Å². The maximum atomic E-state index is 2.61. The second kappa shape index (κ2) is 4.27. The monoisotopic (exact) mass is 169 g/mol. The Bertz CT molecular complexity index is 133. The van der Waals surface area contributed by atoms with Crippen molar-refractivity contribution < 1.29 is 0 Å². The summed E-state index contributed by atoms with van der Waals surface area (Å²) < 4.78 is 0. The minimum atomic E-state index is 0.837. The van der Waals surface area contributed by atoms with E-state index in [0.29, 0.717) is 0 Å². The molecule has 0 aromatic rings. The molecule has 0 amide bonds. The molecule has 1 rings (SSSR count). The Morgan fingerprint density at radius 3 is 2.33 bits per heavy atom. The molecular weight excluding hydrogens is 146 g/mol. The molecule has 3 atom stereocenters. The fourth-order valence-corrected chi connectivity index (χ4v) is 2.71. The maximum absolute atomic E-state index is 2.61. The summed E-state index contributed by atoms with van der Waals surface area (Å²) in [6.45, 7) is 7.02. The molecule has 1 heteroatoms. The van der Waals surface area contributed by atoms with Gasteiger partial charge in [-0.15, -0.1) is 0 Å². The zero-order valence-corrected chi connectivity index (χ0v) is 9.01. The molecule has 1 nitrogen and oxygen atoms in total. The minimum Gasteiger partial charge on any atom is -0.300 e. The lowest BCUT2D eigenvalue weighted by Gasteiger charge is -2.43. The largest absolute Gasteiger partial charge is 0.300 e. The highest BCUT2D eigenvalue weighted by atomic mass is 15.2. The number of hydrogen-bond acceptors (Lipinski definition) is 1. The Kier molecular flexibility index (Phi) is 3.57. The minimum absolute atomic E-state index is 0.837. The fraction of sp³-hybridized carbons (Fsp3) is 1.00. The molecular formula is C11H23N. The number of likely N-dealkylation sites (tertiary alicyclic amines) is 1. The zero-order valence-electron chi connectivity index (χ0n) is 9.01. The van der Waals surface area contributed by atoms with Crippen molar-refractivity contribution in [1.82, 2.24) is 4.90 Å². The van der Waals surface area contributed by atoms with Crippen molar-refractivity contribution >= 4 is 0 Å². The van der Waals surface area contributed by atoms with Crippen molar-refractivity contribution in [1.29, 1.82) is 0 Å². The topological polar surface area (TPSA) is 3.24 Å². The molecule has 1 aliphatic rings. The van der Waals surface area contributed by atoms with Gasteiger partial charge in [-0.25, -0.2) is 0 Å². The molecule has 0 saturated carbocycles. The Balaban J connectivity index is 2.56. The molecule has 0 radical (unpaired) electrons. The zero-order chi connectivity index (χ0) is 9.14. The quantitative estimate of drug-likeness (QED) is 0.614. The number of piperidine rings is 1. The summed E-state index contributed by atoms with van der Waals surface area (Å²) in [5.41, 5.74) is 0. The lowest BCUT2D eigenvalue weighted by molar-refractivity contribution is 0.0671. The van der Waals surface area contributed by atoms with Crippen LogP contribution in [0.15, 0.2) is 0 Å². The van der Waals surface area contributed by atoms with Crippen LogP contribution in [-0.2, 0) is 0 Å². The van der Waals surface area contributed by atoms with Crippen molar-refractivity contribution in [2.75, 3.05) is 7.05 Å². The third kappa shape index (κ3) is 1.82. The van der Waals surface area contributed by atoms with E-state index in [0.717, 1.165) is 18.0 Å². The van der Waals surface area contributed by atoms with Gasteiger partial charge in [-0.3, -0.25) is 0 Å². The number of rotatable bonds is 2. The van der Waals surface area contributed by atoms with E-state index in [1.807, 2.05) is 0 Å². The van der Waals surface area contributed by atoms with E-state index >= 15 is 0 Å². The summed E-state index contributed by atoms with van der Waals surface area (Å²) in [6.07, 6.45) is 5.47. The van der Waals surface area contributed by atoms with E-state index in [4.69, 9.17) is 0 Å². The highest BCUT2D eigenvalue weighted by molar-refractivity contribution is 4.84. The van der Waals surface area contributed by atoms with Crippen molar-refractivity contribution in [3.05, 3.63) is 0 Å². The molecule has 1 fully saturated rings. The molecule has 0 N–H and O–H groups in total. The molecule has 0 aromatic heterocycles. The van der Waals surface area contributed by atoms with Gasteiger partial charge < -0.3 is 4.90 Å². The van der Waals surface area contributed by atoms with Gasteiger partial charge in [0.1, 0.15) is 0 Å². The molecule has 1 aliphatic heterocycles. The van der Waals surface area contributed by atoms with Gasteiger partial charge in [0, 0.05) is 12.1 Å².